The van der Waals surface area contributed by atoms with E-state index in [0.717, 1.165) is 55.0 Å². The van der Waals surface area contributed by atoms with Gasteiger partial charge < -0.3 is 18.0 Å². The van der Waals surface area contributed by atoms with Crippen molar-refractivity contribution in [1.29, 1.82) is 0 Å². The molecular formula is C48H32N2O2. The third-order valence-electron chi connectivity index (χ3n) is 10.5. The number of aryl methyl sites for hydroxylation is 2. The summed E-state index contributed by atoms with van der Waals surface area (Å²) in [5, 5.41) is 5.61. The summed E-state index contributed by atoms with van der Waals surface area (Å²) in [6.07, 6.45) is 0. The molecule has 0 saturated heterocycles. The summed E-state index contributed by atoms with van der Waals surface area (Å²) in [4.78, 5) is 0. The highest BCUT2D eigenvalue weighted by atomic mass is 16.3. The topological polar surface area (TPSA) is 36.1 Å². The molecule has 0 amide bonds. The van der Waals surface area contributed by atoms with Crippen LogP contribution in [-0.2, 0) is 0 Å². The number of aromatic nitrogens is 2. The van der Waals surface area contributed by atoms with E-state index in [1.165, 1.54) is 0 Å². The zero-order valence-corrected chi connectivity index (χ0v) is 27.7. The maximum atomic E-state index is 8.48. The van der Waals surface area contributed by atoms with E-state index in [0.29, 0.717) is 44.2 Å². The van der Waals surface area contributed by atoms with Gasteiger partial charge in [-0.05, 0) is 85.5 Å². The van der Waals surface area contributed by atoms with Gasteiger partial charge >= 0.3 is 0 Å². The molecule has 0 radical (unpaired) electrons. The zero-order chi connectivity index (χ0) is 39.5. The largest absolute Gasteiger partial charge is 0.461 e. The average molecular weight is 675 g/mol. The fourth-order valence-corrected chi connectivity index (χ4v) is 8.22. The number of benzene rings is 7. The first-order chi connectivity index (χ1) is 28.0. The molecule has 4 aromatic heterocycles. The molecule has 0 spiro atoms. The number of nitrogens with zero attached hydrogens (tertiary/aromatic N) is 2. The van der Waals surface area contributed by atoms with Crippen LogP contribution in [-0.4, -0.2) is 9.13 Å². The molecule has 4 nitrogen and oxygen atoms in total. The van der Waals surface area contributed by atoms with Crippen molar-refractivity contribution >= 4 is 65.6 Å². The van der Waals surface area contributed by atoms with Crippen molar-refractivity contribution in [2.24, 2.45) is 0 Å². The first-order valence-corrected chi connectivity index (χ1v) is 17.3. The molecule has 0 atom stereocenters. The Bertz CT molecular complexity index is 3080. The minimum absolute atomic E-state index is 0.145. The maximum Gasteiger partial charge on any atom is 0.135 e. The molecule has 11 rings (SSSR count). The minimum Gasteiger partial charge on any atom is -0.461 e. The lowest BCUT2D eigenvalue weighted by atomic mass is 9.98. The van der Waals surface area contributed by atoms with E-state index < -0.39 is 13.7 Å². The number of hydrogen-bond donors (Lipinski definition) is 0. The van der Waals surface area contributed by atoms with Crippen LogP contribution in [0, 0.1) is 13.7 Å². The first kappa shape index (κ1) is 23.6. The number of furan rings is 2. The van der Waals surface area contributed by atoms with Crippen molar-refractivity contribution in [2.75, 3.05) is 0 Å². The van der Waals surface area contributed by atoms with Crippen molar-refractivity contribution in [2.45, 2.75) is 13.7 Å². The van der Waals surface area contributed by atoms with Gasteiger partial charge in [-0.1, -0.05) is 97.1 Å². The predicted octanol–water partition coefficient (Wildman–Crippen LogP) is 13.3. The molecular weight excluding hydrogens is 637 g/mol. The molecule has 52 heavy (non-hydrogen) atoms. The van der Waals surface area contributed by atoms with E-state index in [1.54, 1.807) is 12.1 Å². The lowest BCUT2D eigenvalue weighted by Crippen LogP contribution is -1.93. The number of para-hydroxylation sites is 4. The lowest BCUT2D eigenvalue weighted by molar-refractivity contribution is 0.577. The van der Waals surface area contributed by atoms with Gasteiger partial charge in [-0.15, -0.1) is 0 Å². The van der Waals surface area contributed by atoms with Crippen LogP contribution in [0.5, 0.6) is 0 Å². The van der Waals surface area contributed by atoms with Crippen LogP contribution in [0.1, 0.15) is 19.7 Å². The molecule has 246 valence electrons. The van der Waals surface area contributed by atoms with Crippen molar-refractivity contribution in [1.82, 2.24) is 9.13 Å². The highest BCUT2D eigenvalue weighted by Gasteiger charge is 2.20. The number of rotatable bonds is 4. The SMILES string of the molecule is [2H]C([2H])([2H])c1oc2cc3c(-c4ccc(-n5c6ccccc6c6ccccc65)cc4)c(C([2H])([2H])[2H])oc3cc2c1-c1ccc(-n2c3ccccc3c3ccccc32)cc1. The van der Waals surface area contributed by atoms with E-state index in [9.17, 15) is 0 Å². The Kier molecular flexibility index (Phi) is 4.93. The van der Waals surface area contributed by atoms with Crippen molar-refractivity contribution in [3.05, 3.63) is 169 Å². The second-order valence-electron chi connectivity index (χ2n) is 13.3. The Labute approximate surface area is 307 Å². The molecule has 0 aliphatic carbocycles. The van der Waals surface area contributed by atoms with Crippen molar-refractivity contribution in [3.63, 3.8) is 0 Å². The fraction of sp³-hybridized carbons (Fsp3) is 0.0417. The van der Waals surface area contributed by atoms with Gasteiger partial charge in [0.25, 0.3) is 0 Å². The number of hydrogen-bond acceptors (Lipinski definition) is 2. The molecule has 0 aliphatic rings. The Morgan fingerprint density at radius 2 is 0.712 bits per heavy atom. The van der Waals surface area contributed by atoms with Gasteiger partial charge in [0.2, 0.25) is 0 Å². The Balaban J connectivity index is 1.06. The summed E-state index contributed by atoms with van der Waals surface area (Å²) in [6.45, 7) is -5.15. The van der Waals surface area contributed by atoms with Gasteiger partial charge in [0.05, 0.1) is 22.1 Å². The van der Waals surface area contributed by atoms with Gasteiger partial charge in [-0.3, -0.25) is 0 Å². The lowest BCUT2D eigenvalue weighted by Gasteiger charge is -2.09. The Morgan fingerprint density at radius 3 is 1.04 bits per heavy atom. The van der Waals surface area contributed by atoms with E-state index in [2.05, 4.69) is 57.7 Å². The van der Waals surface area contributed by atoms with Crippen LogP contribution in [0.15, 0.2) is 167 Å². The van der Waals surface area contributed by atoms with Gasteiger partial charge in [0, 0.05) is 63.0 Å². The second-order valence-corrected chi connectivity index (χ2v) is 13.3. The monoisotopic (exact) mass is 674 g/mol. The smallest absolute Gasteiger partial charge is 0.135 e. The molecule has 0 fully saturated rings. The van der Waals surface area contributed by atoms with Crippen LogP contribution < -0.4 is 0 Å². The summed E-state index contributed by atoms with van der Waals surface area (Å²) in [5.41, 5.74) is 8.88. The normalized spacial score (nSPS) is 14.2. The minimum atomic E-state index is -2.57. The summed E-state index contributed by atoms with van der Waals surface area (Å²) < 4.78 is 67.8. The standard InChI is InChI=1S/C48H32N2O2/c1-29-47(31-19-23-33(24-20-31)49-41-15-7-3-11-35(41)36-12-4-8-16-42(36)49)39-27-46-40(28-45(39)51-29)48(30(2)52-46)32-21-25-34(26-22-32)50-43-17-9-5-13-37(43)38-14-6-10-18-44(38)50/h3-28H,1-2H3/i1D3,2D3. The molecule has 0 saturated carbocycles. The summed E-state index contributed by atoms with van der Waals surface area (Å²) in [7, 11) is 0. The Hall–Kier alpha value is -6.78. The molecule has 0 N–H and O–H groups in total. The van der Waals surface area contributed by atoms with E-state index >= 15 is 0 Å². The second kappa shape index (κ2) is 10.9. The Morgan fingerprint density at radius 1 is 0.385 bits per heavy atom. The molecule has 7 aromatic carbocycles. The third-order valence-corrected chi connectivity index (χ3v) is 10.5. The number of fused-ring (bicyclic) bond motifs is 8. The quantitative estimate of drug-likeness (QED) is 0.186. The molecule has 4 heterocycles. The fourth-order valence-electron chi connectivity index (χ4n) is 8.22. The van der Waals surface area contributed by atoms with Gasteiger partial charge in [-0.25, -0.2) is 0 Å². The molecule has 11 aromatic rings. The summed E-state index contributed by atoms with van der Waals surface area (Å²) in [5.74, 6) is -0.291. The van der Waals surface area contributed by atoms with Crippen LogP contribution in [0.25, 0.3) is 99.2 Å². The van der Waals surface area contributed by atoms with Gasteiger partial charge in [-0.2, -0.15) is 0 Å². The molecule has 0 unspecified atom stereocenters. The van der Waals surface area contributed by atoms with E-state index in [1.807, 2.05) is 97.1 Å². The first-order valence-electron chi connectivity index (χ1n) is 20.3. The highest BCUT2D eigenvalue weighted by Crippen LogP contribution is 2.42. The van der Waals surface area contributed by atoms with Gasteiger partial charge in [0.1, 0.15) is 22.7 Å². The van der Waals surface area contributed by atoms with Crippen LogP contribution in [0.4, 0.5) is 0 Å². The summed E-state index contributed by atoms with van der Waals surface area (Å²) in [6, 6.07) is 52.0. The maximum absolute atomic E-state index is 8.48. The van der Waals surface area contributed by atoms with Crippen LogP contribution in [0.2, 0.25) is 0 Å². The summed E-state index contributed by atoms with van der Waals surface area (Å²) >= 11 is 0. The van der Waals surface area contributed by atoms with Crippen molar-refractivity contribution in [3.8, 4) is 33.6 Å². The average Bonchev–Trinajstić information content (AvgIpc) is 3.98. The van der Waals surface area contributed by atoms with Gasteiger partial charge in [0.15, 0.2) is 0 Å². The molecule has 4 heteroatoms. The predicted molar refractivity (Wildman–Crippen MR) is 215 cm³/mol. The van der Waals surface area contributed by atoms with E-state index in [-0.39, 0.29) is 11.5 Å². The van der Waals surface area contributed by atoms with Crippen LogP contribution >= 0.6 is 0 Å². The molecule has 0 bridgehead atoms. The third kappa shape index (κ3) is 4.09. The van der Waals surface area contributed by atoms with E-state index in [4.69, 9.17) is 17.1 Å². The van der Waals surface area contributed by atoms with Crippen molar-refractivity contribution < 1.29 is 17.1 Å². The highest BCUT2D eigenvalue weighted by molar-refractivity contribution is 6.11. The zero-order valence-electron chi connectivity index (χ0n) is 33.7. The van der Waals surface area contributed by atoms with Crippen LogP contribution in [0.3, 0.4) is 0 Å². The molecule has 0 aliphatic heterocycles.